The number of thioether (sulfide) groups is 1. The molecule has 2 N–H and O–H groups in total. The van der Waals surface area contributed by atoms with Crippen LogP contribution in [0.1, 0.15) is 6.42 Å². The normalized spacial score (nSPS) is 11.9. The maximum absolute atomic E-state index is 12.4. The minimum atomic E-state index is -0.432. The summed E-state index contributed by atoms with van der Waals surface area (Å²) in [6.07, 6.45) is 2.66. The van der Waals surface area contributed by atoms with E-state index in [0.29, 0.717) is 23.3 Å². The van der Waals surface area contributed by atoms with Crippen molar-refractivity contribution in [3.63, 3.8) is 0 Å². The third-order valence-electron chi connectivity index (χ3n) is 4.42. The van der Waals surface area contributed by atoms with Crippen LogP contribution < -0.4 is 15.7 Å². The molecule has 0 spiro atoms. The van der Waals surface area contributed by atoms with E-state index in [4.69, 9.17) is 9.15 Å². The molecule has 0 aliphatic heterocycles. The van der Waals surface area contributed by atoms with Gasteiger partial charge in [0.1, 0.15) is 11.3 Å². The predicted octanol–water partition coefficient (Wildman–Crippen LogP) is 3.07. The first-order valence-corrected chi connectivity index (χ1v) is 10.7. The second kappa shape index (κ2) is 10.1. The van der Waals surface area contributed by atoms with Gasteiger partial charge in [-0.3, -0.25) is 4.79 Å². The molecule has 7 heteroatoms. The van der Waals surface area contributed by atoms with Gasteiger partial charge in [0.2, 0.25) is 0 Å². The fourth-order valence-corrected chi connectivity index (χ4v) is 3.41. The number of fused-ring (bicyclic) bond motifs is 1. The van der Waals surface area contributed by atoms with Gasteiger partial charge in [-0.15, -0.1) is 0 Å². The Kier molecular flexibility index (Phi) is 7.32. The maximum atomic E-state index is 12.4. The van der Waals surface area contributed by atoms with Gasteiger partial charge in [0.15, 0.2) is 6.61 Å². The molecule has 0 aliphatic carbocycles. The van der Waals surface area contributed by atoms with E-state index in [0.717, 1.165) is 16.7 Å². The van der Waals surface area contributed by atoms with E-state index in [2.05, 4.69) is 5.32 Å². The van der Waals surface area contributed by atoms with E-state index in [1.54, 1.807) is 36.0 Å². The Bertz CT molecular complexity index is 1020. The summed E-state index contributed by atoms with van der Waals surface area (Å²) in [6, 6.07) is 15.9. The Hall–Kier alpha value is -2.77. The topological polar surface area (TPSA) is 88.8 Å². The van der Waals surface area contributed by atoms with Crippen LogP contribution in [0.4, 0.5) is 0 Å². The summed E-state index contributed by atoms with van der Waals surface area (Å²) in [5.74, 6) is 0.958. The zero-order chi connectivity index (χ0) is 20.6. The highest BCUT2D eigenvalue weighted by Gasteiger charge is 2.12. The zero-order valence-corrected chi connectivity index (χ0v) is 16.9. The van der Waals surface area contributed by atoms with Crippen LogP contribution in [0.25, 0.3) is 22.1 Å². The SMILES string of the molecule is CSCC[C@H](CO)NC(=O)COc1ccc2cc(-c3ccccc3)c(=O)oc2c1. The average molecular weight is 413 g/mol. The second-order valence-corrected chi connectivity index (χ2v) is 7.52. The highest BCUT2D eigenvalue weighted by molar-refractivity contribution is 7.98. The summed E-state index contributed by atoms with van der Waals surface area (Å²) in [6.45, 7) is -0.301. The van der Waals surface area contributed by atoms with E-state index >= 15 is 0 Å². The van der Waals surface area contributed by atoms with Gasteiger partial charge in [0, 0.05) is 11.5 Å². The van der Waals surface area contributed by atoms with Crippen LogP contribution in [-0.4, -0.2) is 42.3 Å². The first kappa shape index (κ1) is 21.0. The summed E-state index contributed by atoms with van der Waals surface area (Å²) in [7, 11) is 0. The summed E-state index contributed by atoms with van der Waals surface area (Å²) < 4.78 is 11.0. The lowest BCUT2D eigenvalue weighted by molar-refractivity contribution is -0.124. The summed E-state index contributed by atoms with van der Waals surface area (Å²) in [5, 5.41) is 12.8. The molecule has 1 heterocycles. The minimum absolute atomic E-state index is 0.114. The second-order valence-electron chi connectivity index (χ2n) is 6.53. The van der Waals surface area contributed by atoms with Crippen LogP contribution in [0.5, 0.6) is 5.75 Å². The largest absolute Gasteiger partial charge is 0.484 e. The average Bonchev–Trinajstić information content (AvgIpc) is 2.75. The molecular weight excluding hydrogens is 390 g/mol. The molecule has 1 aromatic heterocycles. The summed E-state index contributed by atoms with van der Waals surface area (Å²) in [4.78, 5) is 24.4. The number of ether oxygens (including phenoxy) is 1. The number of benzene rings is 2. The third-order valence-corrected chi connectivity index (χ3v) is 5.06. The zero-order valence-electron chi connectivity index (χ0n) is 16.1. The van der Waals surface area contributed by atoms with Crippen molar-refractivity contribution in [3.8, 4) is 16.9 Å². The number of hydrogen-bond donors (Lipinski definition) is 2. The molecule has 29 heavy (non-hydrogen) atoms. The lowest BCUT2D eigenvalue weighted by Crippen LogP contribution is -2.40. The smallest absolute Gasteiger partial charge is 0.344 e. The van der Waals surface area contributed by atoms with Crippen molar-refractivity contribution in [2.24, 2.45) is 0 Å². The molecule has 0 unspecified atom stereocenters. The van der Waals surface area contributed by atoms with Crippen LogP contribution in [-0.2, 0) is 4.79 Å². The fraction of sp³-hybridized carbons (Fsp3) is 0.273. The van der Waals surface area contributed by atoms with E-state index in [1.165, 1.54) is 0 Å². The number of hydrogen-bond acceptors (Lipinski definition) is 6. The van der Waals surface area contributed by atoms with E-state index in [1.807, 2.05) is 36.6 Å². The van der Waals surface area contributed by atoms with Crippen molar-refractivity contribution >= 4 is 28.6 Å². The highest BCUT2D eigenvalue weighted by Crippen LogP contribution is 2.24. The molecule has 1 amide bonds. The molecule has 152 valence electrons. The van der Waals surface area contributed by atoms with Gasteiger partial charge in [-0.1, -0.05) is 30.3 Å². The standard InChI is InChI=1S/C22H23NO5S/c1-29-10-9-17(13-24)23-21(25)14-27-18-8-7-16-11-19(15-5-3-2-4-6-15)22(26)28-20(16)12-18/h2-8,11-12,17,24H,9-10,13-14H2,1H3,(H,23,25)/t17-/m1/s1. The number of nitrogens with one attached hydrogen (secondary N) is 1. The first-order valence-electron chi connectivity index (χ1n) is 9.26. The quantitative estimate of drug-likeness (QED) is 0.524. The molecule has 6 nitrogen and oxygen atoms in total. The maximum Gasteiger partial charge on any atom is 0.344 e. The number of aliphatic hydroxyl groups excluding tert-OH is 1. The number of aliphatic hydroxyl groups is 1. The summed E-state index contributed by atoms with van der Waals surface area (Å²) in [5.41, 5.74) is 1.24. The number of carbonyl (C=O) groups is 1. The molecule has 3 rings (SSSR count). The van der Waals surface area contributed by atoms with Gasteiger partial charge in [-0.25, -0.2) is 4.79 Å². The van der Waals surface area contributed by atoms with Crippen molar-refractivity contribution in [3.05, 3.63) is 65.0 Å². The molecule has 0 fully saturated rings. The number of carbonyl (C=O) groups excluding carboxylic acids is 1. The number of amides is 1. The lowest BCUT2D eigenvalue weighted by atomic mass is 10.1. The Balaban J connectivity index is 1.68. The Morgan fingerprint density at radius 1 is 1.21 bits per heavy atom. The van der Waals surface area contributed by atoms with Crippen LogP contribution in [0, 0.1) is 0 Å². The Morgan fingerprint density at radius 2 is 2.00 bits per heavy atom. The molecule has 2 aromatic carbocycles. The molecule has 0 radical (unpaired) electrons. The monoisotopic (exact) mass is 413 g/mol. The van der Waals surface area contributed by atoms with E-state index in [9.17, 15) is 14.7 Å². The molecule has 3 aromatic rings. The van der Waals surface area contributed by atoms with Crippen molar-refractivity contribution in [2.45, 2.75) is 12.5 Å². The minimum Gasteiger partial charge on any atom is -0.484 e. The van der Waals surface area contributed by atoms with Gasteiger partial charge in [0.25, 0.3) is 5.91 Å². The van der Waals surface area contributed by atoms with E-state index in [-0.39, 0.29) is 25.2 Å². The lowest BCUT2D eigenvalue weighted by Gasteiger charge is -2.16. The molecule has 0 aliphatic rings. The molecule has 0 saturated heterocycles. The van der Waals surface area contributed by atoms with Crippen molar-refractivity contribution in [1.82, 2.24) is 5.32 Å². The van der Waals surface area contributed by atoms with Crippen molar-refractivity contribution < 1.29 is 19.1 Å². The van der Waals surface area contributed by atoms with Crippen LogP contribution in [0.2, 0.25) is 0 Å². The third kappa shape index (κ3) is 5.62. The molecular formula is C22H23NO5S. The van der Waals surface area contributed by atoms with Gasteiger partial charge in [-0.2, -0.15) is 11.8 Å². The first-order chi connectivity index (χ1) is 14.1. The van der Waals surface area contributed by atoms with Crippen LogP contribution in [0.3, 0.4) is 0 Å². The van der Waals surface area contributed by atoms with Gasteiger partial charge in [-0.05, 0) is 42.2 Å². The predicted molar refractivity (Wildman–Crippen MR) is 115 cm³/mol. The van der Waals surface area contributed by atoms with Crippen molar-refractivity contribution in [1.29, 1.82) is 0 Å². The number of rotatable bonds is 9. The molecule has 0 bridgehead atoms. The Morgan fingerprint density at radius 3 is 2.72 bits per heavy atom. The highest BCUT2D eigenvalue weighted by atomic mass is 32.2. The molecule has 1 atom stereocenters. The molecule has 0 saturated carbocycles. The van der Waals surface area contributed by atoms with E-state index < -0.39 is 5.63 Å². The van der Waals surface area contributed by atoms with Gasteiger partial charge >= 0.3 is 5.63 Å². The summed E-state index contributed by atoms with van der Waals surface area (Å²) >= 11 is 1.65. The van der Waals surface area contributed by atoms with Crippen molar-refractivity contribution in [2.75, 3.05) is 25.2 Å². The van der Waals surface area contributed by atoms with Crippen LogP contribution in [0.15, 0.2) is 63.8 Å². The van der Waals surface area contributed by atoms with Gasteiger partial charge < -0.3 is 19.6 Å². The van der Waals surface area contributed by atoms with Crippen LogP contribution >= 0.6 is 11.8 Å². The fourth-order valence-electron chi connectivity index (χ4n) is 2.89. The Labute approximate surface area is 172 Å². The van der Waals surface area contributed by atoms with Gasteiger partial charge in [0.05, 0.1) is 18.2 Å².